The Labute approximate surface area is 114 Å². The first-order valence-electron chi connectivity index (χ1n) is 5.40. The average Bonchev–Trinajstić information content (AvgIpc) is 2.68. The molecule has 1 aromatic carbocycles. The third-order valence-electron chi connectivity index (χ3n) is 3.06. The van der Waals surface area contributed by atoms with Gasteiger partial charge in [-0.05, 0) is 46.7 Å². The SMILES string of the molecule is Cc1c(N2CC(CS)CC2=O)ccc(Br)c1F. The standard InChI is InChI=1S/C12H13BrFNOS/c1-7-10(3-2-9(13)12(7)14)15-5-8(6-17)4-11(15)16/h2-3,8,17H,4-6H2,1H3. The quantitative estimate of drug-likeness (QED) is 0.831. The van der Waals surface area contributed by atoms with Gasteiger partial charge in [0.15, 0.2) is 0 Å². The van der Waals surface area contributed by atoms with Crippen molar-refractivity contribution in [2.24, 2.45) is 5.92 Å². The van der Waals surface area contributed by atoms with Crippen molar-refractivity contribution in [1.82, 2.24) is 0 Å². The van der Waals surface area contributed by atoms with Gasteiger partial charge in [0.05, 0.1) is 4.47 Å². The highest BCUT2D eigenvalue weighted by molar-refractivity contribution is 9.10. The molecule has 1 saturated heterocycles. The van der Waals surface area contributed by atoms with Gasteiger partial charge >= 0.3 is 0 Å². The van der Waals surface area contributed by atoms with Crippen molar-refractivity contribution in [2.75, 3.05) is 17.2 Å². The first kappa shape index (κ1) is 12.9. The molecule has 0 N–H and O–H groups in total. The van der Waals surface area contributed by atoms with Crippen LogP contribution in [-0.4, -0.2) is 18.2 Å². The predicted molar refractivity (Wildman–Crippen MR) is 73.2 cm³/mol. The zero-order valence-electron chi connectivity index (χ0n) is 9.41. The summed E-state index contributed by atoms with van der Waals surface area (Å²) in [6.07, 6.45) is 0.501. The van der Waals surface area contributed by atoms with Crippen LogP contribution in [0.2, 0.25) is 0 Å². The molecule has 0 bridgehead atoms. The summed E-state index contributed by atoms with van der Waals surface area (Å²) in [5, 5.41) is 0. The van der Waals surface area contributed by atoms with E-state index in [4.69, 9.17) is 0 Å². The number of carbonyl (C=O) groups excluding carboxylic acids is 1. The van der Waals surface area contributed by atoms with Gasteiger partial charge in [0.25, 0.3) is 0 Å². The number of hydrogen-bond donors (Lipinski definition) is 1. The van der Waals surface area contributed by atoms with Gasteiger partial charge < -0.3 is 4.90 Å². The molecule has 1 fully saturated rings. The van der Waals surface area contributed by atoms with Crippen molar-refractivity contribution in [3.8, 4) is 0 Å². The molecule has 1 aliphatic heterocycles. The number of benzene rings is 1. The van der Waals surface area contributed by atoms with Gasteiger partial charge in [0.2, 0.25) is 5.91 Å². The summed E-state index contributed by atoms with van der Waals surface area (Å²) in [5.74, 6) is 0.691. The Balaban J connectivity index is 2.35. The van der Waals surface area contributed by atoms with E-state index in [1.54, 1.807) is 24.0 Å². The van der Waals surface area contributed by atoms with E-state index in [1.165, 1.54) is 0 Å². The van der Waals surface area contributed by atoms with Crippen LogP contribution < -0.4 is 4.90 Å². The van der Waals surface area contributed by atoms with E-state index in [0.717, 1.165) is 0 Å². The fourth-order valence-electron chi connectivity index (χ4n) is 2.07. The lowest BCUT2D eigenvalue weighted by atomic mass is 10.1. The third-order valence-corrected chi connectivity index (χ3v) is 4.19. The predicted octanol–water partition coefficient (Wildman–Crippen LogP) is 3.18. The lowest BCUT2D eigenvalue weighted by Crippen LogP contribution is -2.25. The van der Waals surface area contributed by atoms with Crippen molar-refractivity contribution < 1.29 is 9.18 Å². The summed E-state index contributed by atoms with van der Waals surface area (Å²) in [6.45, 7) is 2.32. The number of halogens is 2. The van der Waals surface area contributed by atoms with Gasteiger partial charge in [0, 0.05) is 24.2 Å². The molecule has 0 spiro atoms. The van der Waals surface area contributed by atoms with Crippen molar-refractivity contribution in [1.29, 1.82) is 0 Å². The summed E-state index contributed by atoms with van der Waals surface area (Å²) in [4.78, 5) is 13.5. The van der Waals surface area contributed by atoms with Crippen LogP contribution in [0.5, 0.6) is 0 Å². The summed E-state index contributed by atoms with van der Waals surface area (Å²) >= 11 is 7.35. The molecule has 1 unspecified atom stereocenters. The molecular weight excluding hydrogens is 305 g/mol. The first-order chi connectivity index (χ1) is 8.04. The molecule has 0 saturated carbocycles. The lowest BCUT2D eigenvalue weighted by Gasteiger charge is -2.19. The lowest BCUT2D eigenvalue weighted by molar-refractivity contribution is -0.117. The normalized spacial score (nSPS) is 20.1. The van der Waals surface area contributed by atoms with E-state index in [2.05, 4.69) is 28.6 Å². The molecule has 1 heterocycles. The highest BCUT2D eigenvalue weighted by atomic mass is 79.9. The summed E-state index contributed by atoms with van der Waals surface area (Å²) in [5.41, 5.74) is 1.17. The number of hydrogen-bond acceptors (Lipinski definition) is 2. The summed E-state index contributed by atoms with van der Waals surface area (Å²) in [7, 11) is 0. The molecule has 1 aliphatic rings. The van der Waals surface area contributed by atoms with E-state index in [0.29, 0.717) is 34.4 Å². The monoisotopic (exact) mass is 317 g/mol. The van der Waals surface area contributed by atoms with Crippen LogP contribution in [-0.2, 0) is 4.79 Å². The van der Waals surface area contributed by atoms with Gasteiger partial charge in [-0.3, -0.25) is 4.79 Å². The highest BCUT2D eigenvalue weighted by Crippen LogP contribution is 2.32. The second kappa shape index (κ2) is 4.98. The third kappa shape index (κ3) is 2.36. The molecule has 92 valence electrons. The maximum atomic E-state index is 13.8. The van der Waals surface area contributed by atoms with Crippen LogP contribution in [0.4, 0.5) is 10.1 Å². The van der Waals surface area contributed by atoms with Crippen molar-refractivity contribution >= 4 is 40.2 Å². The molecule has 1 aromatic rings. The molecule has 0 radical (unpaired) electrons. The van der Waals surface area contributed by atoms with Gasteiger partial charge in [0.1, 0.15) is 5.82 Å². The van der Waals surface area contributed by atoms with E-state index in [9.17, 15) is 9.18 Å². The molecule has 5 heteroatoms. The van der Waals surface area contributed by atoms with Gasteiger partial charge in [-0.25, -0.2) is 4.39 Å². The Morgan fingerprint density at radius 1 is 1.59 bits per heavy atom. The number of carbonyl (C=O) groups is 1. The first-order valence-corrected chi connectivity index (χ1v) is 6.83. The van der Waals surface area contributed by atoms with Gasteiger partial charge in [-0.1, -0.05) is 0 Å². The molecule has 2 rings (SSSR count). The average molecular weight is 318 g/mol. The largest absolute Gasteiger partial charge is 0.312 e. The fraction of sp³-hybridized carbons (Fsp3) is 0.417. The Morgan fingerprint density at radius 3 is 2.88 bits per heavy atom. The van der Waals surface area contributed by atoms with Gasteiger partial charge in [-0.15, -0.1) is 0 Å². The maximum Gasteiger partial charge on any atom is 0.227 e. The Hall–Kier alpha value is -0.550. The fourth-order valence-corrected chi connectivity index (χ4v) is 2.75. The van der Waals surface area contributed by atoms with Crippen LogP contribution >= 0.6 is 28.6 Å². The topological polar surface area (TPSA) is 20.3 Å². The van der Waals surface area contributed by atoms with Crippen LogP contribution in [0.25, 0.3) is 0 Å². The van der Waals surface area contributed by atoms with E-state index >= 15 is 0 Å². The minimum Gasteiger partial charge on any atom is -0.312 e. The zero-order chi connectivity index (χ0) is 12.6. The second-order valence-electron chi connectivity index (χ2n) is 4.26. The number of amides is 1. The maximum absolute atomic E-state index is 13.8. The minimum absolute atomic E-state index is 0.0499. The second-order valence-corrected chi connectivity index (χ2v) is 5.48. The Kier molecular flexibility index (Phi) is 3.78. The van der Waals surface area contributed by atoms with Gasteiger partial charge in [-0.2, -0.15) is 12.6 Å². The van der Waals surface area contributed by atoms with Crippen molar-refractivity contribution in [3.63, 3.8) is 0 Å². The van der Waals surface area contributed by atoms with Crippen molar-refractivity contribution in [2.45, 2.75) is 13.3 Å². The van der Waals surface area contributed by atoms with Crippen LogP contribution in [0.15, 0.2) is 16.6 Å². The number of nitrogens with zero attached hydrogens (tertiary/aromatic N) is 1. The molecule has 0 aliphatic carbocycles. The number of anilines is 1. The molecule has 0 aromatic heterocycles. The summed E-state index contributed by atoms with van der Waals surface area (Å²) < 4.78 is 14.2. The van der Waals surface area contributed by atoms with E-state index in [1.807, 2.05) is 0 Å². The van der Waals surface area contributed by atoms with Crippen molar-refractivity contribution in [3.05, 3.63) is 28.0 Å². The molecule has 1 atom stereocenters. The Bertz CT molecular complexity index is 466. The number of thiol groups is 1. The highest BCUT2D eigenvalue weighted by Gasteiger charge is 2.31. The van der Waals surface area contributed by atoms with Crippen LogP contribution in [0, 0.1) is 18.7 Å². The van der Waals surface area contributed by atoms with Crippen LogP contribution in [0.1, 0.15) is 12.0 Å². The summed E-state index contributed by atoms with van der Waals surface area (Å²) in [6, 6.07) is 3.42. The van der Waals surface area contributed by atoms with Crippen LogP contribution in [0.3, 0.4) is 0 Å². The molecule has 1 amide bonds. The van der Waals surface area contributed by atoms with E-state index < -0.39 is 0 Å². The molecular formula is C12H13BrFNOS. The number of rotatable bonds is 2. The molecule has 17 heavy (non-hydrogen) atoms. The minimum atomic E-state index is -0.301. The van der Waals surface area contributed by atoms with E-state index in [-0.39, 0.29) is 17.6 Å². The Morgan fingerprint density at radius 2 is 2.29 bits per heavy atom. The smallest absolute Gasteiger partial charge is 0.227 e. The zero-order valence-corrected chi connectivity index (χ0v) is 11.9. The molecule has 2 nitrogen and oxygen atoms in total.